The van der Waals surface area contributed by atoms with Gasteiger partial charge in [0.05, 0.1) is 5.69 Å². The van der Waals surface area contributed by atoms with Crippen molar-refractivity contribution >= 4 is 34.7 Å². The van der Waals surface area contributed by atoms with Crippen LogP contribution in [-0.2, 0) is 6.42 Å². The molecule has 0 atom stereocenters. The van der Waals surface area contributed by atoms with Gasteiger partial charge in [-0.2, -0.15) is 0 Å². The van der Waals surface area contributed by atoms with E-state index in [1.807, 2.05) is 19.1 Å². The first-order valence-corrected chi connectivity index (χ1v) is 8.98. The lowest BCUT2D eigenvalue weighted by molar-refractivity contribution is 0.252. The molecule has 2 N–H and O–H groups in total. The molecule has 2 aromatic heterocycles. The van der Waals surface area contributed by atoms with Gasteiger partial charge in [0.2, 0.25) is 0 Å². The number of anilines is 1. The summed E-state index contributed by atoms with van der Waals surface area (Å²) in [6, 6.07) is 10.7. The van der Waals surface area contributed by atoms with Crippen LogP contribution in [0.4, 0.5) is 10.5 Å². The van der Waals surface area contributed by atoms with Gasteiger partial charge in [-0.15, -0.1) is 11.3 Å². The lowest BCUT2D eigenvalue weighted by Crippen LogP contribution is -2.30. The van der Waals surface area contributed by atoms with Crippen molar-refractivity contribution in [2.24, 2.45) is 0 Å². The van der Waals surface area contributed by atoms with Gasteiger partial charge in [0, 0.05) is 46.5 Å². The zero-order valence-corrected chi connectivity index (χ0v) is 15.2. The maximum absolute atomic E-state index is 11.9. The average Bonchev–Trinajstić information content (AvgIpc) is 2.97. The number of urea groups is 1. The fraction of sp³-hybridized carbons (Fsp3) is 0.167. The van der Waals surface area contributed by atoms with E-state index in [0.717, 1.165) is 27.6 Å². The second-order valence-corrected chi connectivity index (χ2v) is 6.93. The first-order chi connectivity index (χ1) is 12.1. The Morgan fingerprint density at radius 3 is 2.92 bits per heavy atom. The van der Waals surface area contributed by atoms with Crippen LogP contribution >= 0.6 is 22.9 Å². The highest BCUT2D eigenvalue weighted by Gasteiger charge is 2.10. The molecule has 25 heavy (non-hydrogen) atoms. The van der Waals surface area contributed by atoms with Crippen molar-refractivity contribution in [3.8, 4) is 10.6 Å². The van der Waals surface area contributed by atoms with Gasteiger partial charge in [0.1, 0.15) is 5.01 Å². The fourth-order valence-electron chi connectivity index (χ4n) is 2.30. The lowest BCUT2D eigenvalue weighted by atomic mass is 10.3. The first kappa shape index (κ1) is 17.4. The van der Waals surface area contributed by atoms with Gasteiger partial charge < -0.3 is 10.6 Å². The number of aromatic nitrogens is 2. The van der Waals surface area contributed by atoms with Crippen LogP contribution in [0.2, 0.25) is 5.02 Å². The predicted molar refractivity (Wildman–Crippen MR) is 102 cm³/mol. The van der Waals surface area contributed by atoms with Gasteiger partial charge in [-0.05, 0) is 37.3 Å². The Labute approximate surface area is 155 Å². The molecule has 128 valence electrons. The van der Waals surface area contributed by atoms with Crippen LogP contribution in [0.3, 0.4) is 0 Å². The number of nitrogens with zero attached hydrogens (tertiary/aromatic N) is 2. The van der Waals surface area contributed by atoms with Gasteiger partial charge >= 0.3 is 6.03 Å². The normalized spacial score (nSPS) is 10.5. The Balaban J connectivity index is 1.54. The standard InChI is InChI=1S/C18H17ClN4OS/c1-12-16(25-17(22-12)13-4-3-8-20-11-13)7-9-21-18(24)23-15-6-2-5-14(19)10-15/h2-6,8,10-11H,7,9H2,1H3,(H2,21,23,24). The number of hydrogen-bond donors (Lipinski definition) is 2. The summed E-state index contributed by atoms with van der Waals surface area (Å²) < 4.78 is 0. The number of halogens is 1. The summed E-state index contributed by atoms with van der Waals surface area (Å²) in [7, 11) is 0. The number of aryl methyl sites for hydroxylation is 1. The van der Waals surface area contributed by atoms with Crippen molar-refractivity contribution in [3.63, 3.8) is 0 Å². The van der Waals surface area contributed by atoms with E-state index in [2.05, 4.69) is 20.6 Å². The van der Waals surface area contributed by atoms with E-state index in [1.165, 1.54) is 0 Å². The van der Waals surface area contributed by atoms with Crippen LogP contribution in [0.15, 0.2) is 48.8 Å². The van der Waals surface area contributed by atoms with Crippen molar-refractivity contribution < 1.29 is 4.79 Å². The third-order valence-electron chi connectivity index (χ3n) is 3.52. The van der Waals surface area contributed by atoms with Crippen LogP contribution < -0.4 is 10.6 Å². The maximum Gasteiger partial charge on any atom is 0.319 e. The number of carbonyl (C=O) groups is 1. The minimum absolute atomic E-state index is 0.253. The fourth-order valence-corrected chi connectivity index (χ4v) is 3.55. The van der Waals surface area contributed by atoms with Crippen molar-refractivity contribution in [1.29, 1.82) is 0 Å². The molecule has 0 radical (unpaired) electrons. The molecule has 0 aliphatic heterocycles. The van der Waals surface area contributed by atoms with E-state index in [-0.39, 0.29) is 6.03 Å². The molecule has 3 rings (SSSR count). The SMILES string of the molecule is Cc1nc(-c2cccnc2)sc1CCNC(=O)Nc1cccc(Cl)c1. The summed E-state index contributed by atoms with van der Waals surface area (Å²) in [5, 5.41) is 7.14. The third kappa shape index (κ3) is 4.78. The largest absolute Gasteiger partial charge is 0.338 e. The van der Waals surface area contributed by atoms with Crippen LogP contribution in [0.1, 0.15) is 10.6 Å². The minimum atomic E-state index is -0.253. The van der Waals surface area contributed by atoms with Crippen molar-refractivity contribution in [1.82, 2.24) is 15.3 Å². The number of thiazole rings is 1. The Kier molecular flexibility index (Phi) is 5.63. The molecular weight excluding hydrogens is 356 g/mol. The number of carbonyl (C=O) groups excluding carboxylic acids is 1. The maximum atomic E-state index is 11.9. The summed E-state index contributed by atoms with van der Waals surface area (Å²) in [6.45, 7) is 2.51. The molecule has 0 fully saturated rings. The highest BCUT2D eigenvalue weighted by molar-refractivity contribution is 7.15. The Morgan fingerprint density at radius 2 is 2.16 bits per heavy atom. The second-order valence-electron chi connectivity index (χ2n) is 5.41. The van der Waals surface area contributed by atoms with Crippen molar-refractivity contribution in [3.05, 3.63) is 64.4 Å². The number of nitrogens with one attached hydrogen (secondary N) is 2. The molecule has 5 nitrogen and oxygen atoms in total. The van der Waals surface area contributed by atoms with E-state index in [1.54, 1.807) is 48.0 Å². The number of amides is 2. The summed E-state index contributed by atoms with van der Waals surface area (Å²) in [6.07, 6.45) is 4.28. The zero-order chi connectivity index (χ0) is 17.6. The molecule has 2 amide bonds. The van der Waals surface area contributed by atoms with Crippen molar-refractivity contribution in [2.45, 2.75) is 13.3 Å². The molecule has 0 saturated heterocycles. The molecule has 0 saturated carbocycles. The van der Waals surface area contributed by atoms with Crippen LogP contribution in [0, 0.1) is 6.92 Å². The number of hydrogen-bond acceptors (Lipinski definition) is 4. The van der Waals surface area contributed by atoms with E-state index < -0.39 is 0 Å². The highest BCUT2D eigenvalue weighted by Crippen LogP contribution is 2.27. The summed E-state index contributed by atoms with van der Waals surface area (Å²) >= 11 is 7.53. The van der Waals surface area contributed by atoms with E-state index in [9.17, 15) is 4.79 Å². The molecule has 0 unspecified atom stereocenters. The summed E-state index contributed by atoms with van der Waals surface area (Å²) in [5.74, 6) is 0. The quantitative estimate of drug-likeness (QED) is 0.691. The van der Waals surface area contributed by atoms with E-state index in [4.69, 9.17) is 11.6 Å². The second kappa shape index (κ2) is 8.09. The van der Waals surface area contributed by atoms with Crippen LogP contribution in [0.5, 0.6) is 0 Å². The number of rotatable bonds is 5. The average molecular weight is 373 g/mol. The molecule has 0 aliphatic carbocycles. The minimum Gasteiger partial charge on any atom is -0.338 e. The molecule has 2 heterocycles. The molecule has 7 heteroatoms. The van der Waals surface area contributed by atoms with Gasteiger partial charge in [0.15, 0.2) is 0 Å². The van der Waals surface area contributed by atoms with Gasteiger partial charge in [-0.3, -0.25) is 4.98 Å². The van der Waals surface area contributed by atoms with E-state index in [0.29, 0.717) is 17.3 Å². The number of benzene rings is 1. The van der Waals surface area contributed by atoms with E-state index >= 15 is 0 Å². The van der Waals surface area contributed by atoms with Gasteiger partial charge in [-0.25, -0.2) is 9.78 Å². The smallest absolute Gasteiger partial charge is 0.319 e. The lowest BCUT2D eigenvalue weighted by Gasteiger charge is -2.07. The predicted octanol–water partition coefficient (Wildman–Crippen LogP) is 4.53. The first-order valence-electron chi connectivity index (χ1n) is 7.79. The summed E-state index contributed by atoms with van der Waals surface area (Å²) in [5.41, 5.74) is 2.66. The van der Waals surface area contributed by atoms with Crippen molar-refractivity contribution in [2.75, 3.05) is 11.9 Å². The van der Waals surface area contributed by atoms with Crippen LogP contribution in [0.25, 0.3) is 10.6 Å². The zero-order valence-electron chi connectivity index (χ0n) is 13.6. The molecule has 0 bridgehead atoms. The molecule has 0 aliphatic rings. The Bertz CT molecular complexity index is 867. The molecule has 3 aromatic rings. The molecule has 0 spiro atoms. The number of pyridine rings is 1. The summed E-state index contributed by atoms with van der Waals surface area (Å²) in [4.78, 5) is 21.8. The Morgan fingerprint density at radius 1 is 1.28 bits per heavy atom. The topological polar surface area (TPSA) is 66.9 Å². The molecular formula is C18H17ClN4OS. The Hall–Kier alpha value is -2.44. The monoisotopic (exact) mass is 372 g/mol. The third-order valence-corrected chi connectivity index (χ3v) is 5.02. The molecule has 1 aromatic carbocycles. The van der Waals surface area contributed by atoms with Gasteiger partial charge in [0.25, 0.3) is 0 Å². The highest BCUT2D eigenvalue weighted by atomic mass is 35.5. The van der Waals surface area contributed by atoms with Crippen LogP contribution in [-0.4, -0.2) is 22.5 Å². The van der Waals surface area contributed by atoms with Gasteiger partial charge in [-0.1, -0.05) is 17.7 Å².